The first-order valence-corrected chi connectivity index (χ1v) is 6.35. The third kappa shape index (κ3) is 1.86. The van der Waals surface area contributed by atoms with Gasteiger partial charge in [0.1, 0.15) is 18.0 Å². The van der Waals surface area contributed by atoms with Gasteiger partial charge < -0.3 is 30.9 Å². The first-order valence-electron chi connectivity index (χ1n) is 6.35. The summed E-state index contributed by atoms with van der Waals surface area (Å²) in [4.78, 5) is 4.26. The van der Waals surface area contributed by atoms with Crippen molar-refractivity contribution in [3.63, 3.8) is 0 Å². The Balaban J connectivity index is 1.94. The summed E-state index contributed by atoms with van der Waals surface area (Å²) < 4.78 is 1.83. The van der Waals surface area contributed by atoms with Gasteiger partial charge in [0.25, 0.3) is 0 Å². The van der Waals surface area contributed by atoms with Gasteiger partial charge in [0, 0.05) is 18.7 Å². The fourth-order valence-electron chi connectivity index (χ4n) is 2.93. The topological polar surface area (TPSA) is 117 Å². The molecule has 6 N–H and O–H groups in total. The summed E-state index contributed by atoms with van der Waals surface area (Å²) in [5.74, 6) is -0.308. The number of nitrogens with two attached hydrogens (primary N) is 1. The molecule has 1 aromatic heterocycles. The zero-order valence-corrected chi connectivity index (χ0v) is 10.3. The maximum atomic E-state index is 10.1. The van der Waals surface area contributed by atoms with E-state index < -0.39 is 12.2 Å². The summed E-state index contributed by atoms with van der Waals surface area (Å²) in [7, 11) is 0. The summed E-state index contributed by atoms with van der Waals surface area (Å²) >= 11 is 0. The molecule has 19 heavy (non-hydrogen) atoms. The van der Waals surface area contributed by atoms with Gasteiger partial charge in [-0.2, -0.15) is 0 Å². The first-order chi connectivity index (χ1) is 9.13. The van der Waals surface area contributed by atoms with Crippen molar-refractivity contribution in [3.05, 3.63) is 23.9 Å². The van der Waals surface area contributed by atoms with E-state index in [1.165, 1.54) is 0 Å². The molecule has 3 rings (SSSR count). The van der Waals surface area contributed by atoms with E-state index in [0.717, 1.165) is 11.4 Å². The minimum Gasteiger partial charge on any atom is -0.396 e. The Bertz CT molecular complexity index is 501. The van der Waals surface area contributed by atoms with Gasteiger partial charge in [-0.15, -0.1) is 0 Å². The lowest BCUT2D eigenvalue weighted by atomic mass is 10.1. The maximum Gasteiger partial charge on any atom is 0.120 e. The van der Waals surface area contributed by atoms with Gasteiger partial charge in [-0.3, -0.25) is 0 Å². The Morgan fingerprint density at radius 2 is 2.21 bits per heavy atom. The molecule has 1 aromatic rings. The lowest BCUT2D eigenvalue weighted by Crippen LogP contribution is -2.31. The predicted molar refractivity (Wildman–Crippen MR) is 67.6 cm³/mol. The van der Waals surface area contributed by atoms with Crippen LogP contribution in [0.25, 0.3) is 6.08 Å². The summed E-state index contributed by atoms with van der Waals surface area (Å²) in [6.07, 6.45) is 3.55. The van der Waals surface area contributed by atoms with Gasteiger partial charge in [-0.1, -0.05) is 0 Å². The lowest BCUT2D eigenvalue weighted by Gasteiger charge is -2.22. The van der Waals surface area contributed by atoms with Crippen LogP contribution in [0.4, 0.5) is 0 Å². The number of nitrogens with zero attached hydrogens (tertiary/aromatic N) is 2. The maximum absolute atomic E-state index is 10.1. The molecule has 1 saturated carbocycles. The molecule has 104 valence electrons. The van der Waals surface area contributed by atoms with Crippen molar-refractivity contribution in [1.29, 1.82) is 0 Å². The molecule has 2 aliphatic rings. The van der Waals surface area contributed by atoms with E-state index in [9.17, 15) is 15.3 Å². The Morgan fingerprint density at radius 1 is 1.42 bits per heavy atom. The normalized spacial score (nSPS) is 37.2. The smallest absolute Gasteiger partial charge is 0.120 e. The van der Waals surface area contributed by atoms with Crippen molar-refractivity contribution in [2.45, 2.75) is 30.8 Å². The molecular formula is C12H18N4O3. The zero-order valence-electron chi connectivity index (χ0n) is 10.3. The van der Waals surface area contributed by atoms with Gasteiger partial charge in [-0.05, 0) is 12.5 Å². The third-order valence-corrected chi connectivity index (χ3v) is 4.04. The SMILES string of the molecule is NC1NC=Cc2c1ncn2[C@@H]1C[C@H](CO)[C@@H](O)[C@H]1O. The van der Waals surface area contributed by atoms with Crippen molar-refractivity contribution in [1.82, 2.24) is 14.9 Å². The van der Waals surface area contributed by atoms with Crippen LogP contribution in [0, 0.1) is 5.92 Å². The molecule has 1 fully saturated rings. The number of hydrogen-bond acceptors (Lipinski definition) is 6. The molecule has 7 nitrogen and oxygen atoms in total. The highest BCUT2D eigenvalue weighted by atomic mass is 16.3. The van der Waals surface area contributed by atoms with Crippen LogP contribution < -0.4 is 11.1 Å². The first kappa shape index (κ1) is 12.6. The molecule has 0 radical (unpaired) electrons. The van der Waals surface area contributed by atoms with E-state index >= 15 is 0 Å². The molecule has 7 heteroatoms. The Kier molecular flexibility index (Phi) is 3.06. The second kappa shape index (κ2) is 4.61. The number of hydrogen-bond donors (Lipinski definition) is 5. The minimum absolute atomic E-state index is 0.136. The summed E-state index contributed by atoms with van der Waals surface area (Å²) in [6.45, 7) is -0.136. The predicted octanol–water partition coefficient (Wildman–Crippen LogP) is -1.31. The van der Waals surface area contributed by atoms with Gasteiger partial charge >= 0.3 is 0 Å². The van der Waals surface area contributed by atoms with E-state index in [2.05, 4.69) is 10.3 Å². The molecule has 0 amide bonds. The lowest BCUT2D eigenvalue weighted by molar-refractivity contribution is -0.00413. The van der Waals surface area contributed by atoms with Gasteiger partial charge in [0.05, 0.1) is 24.2 Å². The molecule has 0 saturated heterocycles. The average Bonchev–Trinajstić information content (AvgIpc) is 2.94. The largest absolute Gasteiger partial charge is 0.396 e. The van der Waals surface area contributed by atoms with E-state index in [0.29, 0.717) is 6.42 Å². The number of fused-ring (bicyclic) bond motifs is 1. The molecule has 1 unspecified atom stereocenters. The quantitative estimate of drug-likeness (QED) is 0.454. The number of aliphatic hydroxyl groups is 3. The van der Waals surface area contributed by atoms with Gasteiger partial charge in [-0.25, -0.2) is 4.98 Å². The van der Waals surface area contributed by atoms with Crippen molar-refractivity contribution in [2.75, 3.05) is 6.61 Å². The molecule has 0 aromatic carbocycles. The molecule has 0 spiro atoms. The van der Waals surface area contributed by atoms with Crippen molar-refractivity contribution < 1.29 is 15.3 Å². The van der Waals surface area contributed by atoms with Crippen molar-refractivity contribution in [2.24, 2.45) is 11.7 Å². The van der Waals surface area contributed by atoms with E-state index in [1.54, 1.807) is 12.5 Å². The molecule has 0 bridgehead atoms. The fraction of sp³-hybridized carbons (Fsp3) is 0.583. The summed E-state index contributed by atoms with van der Waals surface area (Å²) in [5.41, 5.74) is 7.44. The van der Waals surface area contributed by atoms with Crippen LogP contribution in [0.5, 0.6) is 0 Å². The standard InChI is InChI=1S/C12H18N4O3/c13-12-9-7(1-2-14-12)16(5-15-9)8-3-6(4-17)10(18)11(8)19/h1-2,5-6,8,10-12,14,17-19H,3-4,13H2/t6-,8-,10-,11+,12?/m1/s1. The van der Waals surface area contributed by atoms with E-state index in [-0.39, 0.29) is 24.7 Å². The molecule has 5 atom stereocenters. The second-order valence-electron chi connectivity index (χ2n) is 5.13. The van der Waals surface area contributed by atoms with Crippen LogP contribution in [0.15, 0.2) is 12.5 Å². The van der Waals surface area contributed by atoms with Crippen molar-refractivity contribution >= 4 is 6.08 Å². The highest BCUT2D eigenvalue weighted by Gasteiger charge is 2.42. The van der Waals surface area contributed by atoms with Crippen LogP contribution >= 0.6 is 0 Å². The fourth-order valence-corrected chi connectivity index (χ4v) is 2.93. The molecule has 1 aliphatic carbocycles. The number of nitrogens with one attached hydrogen (secondary N) is 1. The molecular weight excluding hydrogens is 248 g/mol. The van der Waals surface area contributed by atoms with Crippen LogP contribution in [-0.4, -0.2) is 43.7 Å². The van der Waals surface area contributed by atoms with Gasteiger partial charge in [0.2, 0.25) is 0 Å². The number of imidazole rings is 1. The summed E-state index contributed by atoms with van der Waals surface area (Å²) in [5, 5.41) is 32.2. The van der Waals surface area contributed by atoms with Crippen LogP contribution in [-0.2, 0) is 0 Å². The number of aromatic nitrogens is 2. The number of rotatable bonds is 2. The van der Waals surface area contributed by atoms with E-state index in [1.807, 2.05) is 10.6 Å². The van der Waals surface area contributed by atoms with Crippen LogP contribution in [0.1, 0.15) is 30.0 Å². The Labute approximate surface area is 110 Å². The van der Waals surface area contributed by atoms with Crippen molar-refractivity contribution in [3.8, 4) is 0 Å². The monoisotopic (exact) mass is 266 g/mol. The minimum atomic E-state index is -0.910. The summed E-state index contributed by atoms with van der Waals surface area (Å²) in [6, 6.07) is -0.293. The van der Waals surface area contributed by atoms with Crippen LogP contribution in [0.2, 0.25) is 0 Å². The van der Waals surface area contributed by atoms with E-state index in [4.69, 9.17) is 5.73 Å². The highest BCUT2D eigenvalue weighted by Crippen LogP contribution is 2.37. The number of aliphatic hydroxyl groups excluding tert-OH is 3. The average molecular weight is 266 g/mol. The third-order valence-electron chi connectivity index (χ3n) is 4.04. The molecule has 2 heterocycles. The Hall–Kier alpha value is -1.41. The molecule has 1 aliphatic heterocycles. The highest BCUT2D eigenvalue weighted by molar-refractivity contribution is 5.51. The zero-order chi connectivity index (χ0) is 13.6. The Morgan fingerprint density at radius 3 is 2.89 bits per heavy atom. The van der Waals surface area contributed by atoms with Gasteiger partial charge in [0.15, 0.2) is 0 Å². The van der Waals surface area contributed by atoms with Crippen LogP contribution in [0.3, 0.4) is 0 Å². The second-order valence-corrected chi connectivity index (χ2v) is 5.13.